The number of aromatic nitrogens is 2. The van der Waals surface area contributed by atoms with Crippen LogP contribution in [0.2, 0.25) is 0 Å². The summed E-state index contributed by atoms with van der Waals surface area (Å²) in [7, 11) is 1.45. The number of hydrogen-bond acceptors (Lipinski definition) is 6. The van der Waals surface area contributed by atoms with Crippen LogP contribution >= 0.6 is 0 Å². The molecule has 0 aliphatic carbocycles. The molecule has 0 radical (unpaired) electrons. The molecule has 19 heavy (non-hydrogen) atoms. The van der Waals surface area contributed by atoms with E-state index in [-0.39, 0.29) is 0 Å². The Kier molecular flexibility index (Phi) is 3.85. The molecule has 1 aliphatic rings. The summed E-state index contributed by atoms with van der Waals surface area (Å²) in [6.45, 7) is 1.68. The molecule has 0 spiro atoms. The van der Waals surface area contributed by atoms with Crippen molar-refractivity contribution in [1.29, 1.82) is 0 Å². The highest BCUT2D eigenvalue weighted by molar-refractivity contribution is 4.94. The first-order chi connectivity index (χ1) is 8.95. The van der Waals surface area contributed by atoms with Crippen LogP contribution in [0.5, 0.6) is 0 Å². The Morgan fingerprint density at radius 1 is 1.42 bits per heavy atom. The summed E-state index contributed by atoms with van der Waals surface area (Å²) in [6, 6.07) is 1.14. The SMILES string of the molecule is COC(C)[C@H]1O[C@@H](n2ccc(=O)[nH]c2=O)[C@H](O)[C@@H]1O. The summed E-state index contributed by atoms with van der Waals surface area (Å²) < 4.78 is 11.5. The van der Waals surface area contributed by atoms with E-state index >= 15 is 0 Å². The number of nitrogens with one attached hydrogen (secondary N) is 1. The Bertz CT molecular complexity index is 553. The topological polar surface area (TPSA) is 114 Å². The predicted molar refractivity (Wildman–Crippen MR) is 63.7 cm³/mol. The third-order valence-electron chi connectivity index (χ3n) is 3.23. The van der Waals surface area contributed by atoms with Crippen molar-refractivity contribution < 1.29 is 19.7 Å². The monoisotopic (exact) mass is 272 g/mol. The summed E-state index contributed by atoms with van der Waals surface area (Å²) in [5, 5.41) is 19.8. The molecule has 3 N–H and O–H groups in total. The maximum Gasteiger partial charge on any atom is 0.330 e. The lowest BCUT2D eigenvalue weighted by atomic mass is 10.1. The average Bonchev–Trinajstić information content (AvgIpc) is 2.66. The van der Waals surface area contributed by atoms with Gasteiger partial charge in [-0.3, -0.25) is 14.3 Å². The minimum Gasteiger partial charge on any atom is -0.387 e. The normalized spacial score (nSPS) is 32.4. The van der Waals surface area contributed by atoms with Crippen LogP contribution in [0.3, 0.4) is 0 Å². The van der Waals surface area contributed by atoms with Crippen LogP contribution in [0.15, 0.2) is 21.9 Å². The molecule has 0 aromatic carbocycles. The van der Waals surface area contributed by atoms with Crippen molar-refractivity contribution in [2.45, 2.75) is 37.6 Å². The van der Waals surface area contributed by atoms with Crippen molar-refractivity contribution >= 4 is 0 Å². The van der Waals surface area contributed by atoms with Crippen LogP contribution in [-0.4, -0.2) is 51.3 Å². The Hall–Kier alpha value is -1.48. The van der Waals surface area contributed by atoms with Crippen LogP contribution in [0, 0.1) is 0 Å². The van der Waals surface area contributed by atoms with E-state index < -0.39 is 41.9 Å². The van der Waals surface area contributed by atoms with Gasteiger partial charge in [0.05, 0.1) is 6.10 Å². The number of aromatic amines is 1. The first kappa shape index (κ1) is 13.9. The van der Waals surface area contributed by atoms with E-state index in [4.69, 9.17) is 9.47 Å². The van der Waals surface area contributed by atoms with E-state index in [1.54, 1.807) is 6.92 Å². The third-order valence-corrected chi connectivity index (χ3v) is 3.23. The summed E-state index contributed by atoms with van der Waals surface area (Å²) in [6.07, 6.45) is -3.54. The number of methoxy groups -OCH3 is 1. The van der Waals surface area contributed by atoms with Gasteiger partial charge in [0.15, 0.2) is 6.23 Å². The molecular weight excluding hydrogens is 256 g/mol. The molecule has 1 aromatic heterocycles. The Morgan fingerprint density at radius 2 is 2.11 bits per heavy atom. The number of nitrogens with zero attached hydrogens (tertiary/aromatic N) is 1. The molecule has 0 saturated carbocycles. The first-order valence-electron chi connectivity index (χ1n) is 5.81. The quantitative estimate of drug-likeness (QED) is 0.597. The zero-order valence-corrected chi connectivity index (χ0v) is 10.5. The number of ether oxygens (including phenoxy) is 2. The lowest BCUT2D eigenvalue weighted by molar-refractivity contribution is -0.0915. The van der Waals surface area contributed by atoms with Crippen LogP contribution in [0.1, 0.15) is 13.2 Å². The summed E-state index contributed by atoms with van der Waals surface area (Å²) in [5.41, 5.74) is -1.26. The zero-order valence-electron chi connectivity index (χ0n) is 10.5. The highest BCUT2D eigenvalue weighted by atomic mass is 16.6. The van der Waals surface area contributed by atoms with Gasteiger partial charge in [-0.05, 0) is 6.92 Å². The molecule has 5 atom stereocenters. The molecule has 1 aliphatic heterocycles. The fourth-order valence-corrected chi connectivity index (χ4v) is 2.07. The van der Waals surface area contributed by atoms with Gasteiger partial charge in [0.1, 0.15) is 18.3 Å². The molecule has 1 aromatic rings. The number of aliphatic hydroxyl groups excluding tert-OH is 2. The van der Waals surface area contributed by atoms with Gasteiger partial charge in [0.2, 0.25) is 0 Å². The van der Waals surface area contributed by atoms with E-state index in [1.807, 2.05) is 0 Å². The second kappa shape index (κ2) is 5.25. The second-order valence-electron chi connectivity index (χ2n) is 4.43. The smallest absolute Gasteiger partial charge is 0.330 e. The van der Waals surface area contributed by atoms with Gasteiger partial charge >= 0.3 is 5.69 Å². The molecule has 1 fully saturated rings. The number of hydrogen-bond donors (Lipinski definition) is 3. The van der Waals surface area contributed by atoms with Crippen molar-refractivity contribution in [3.63, 3.8) is 0 Å². The number of rotatable bonds is 3. The maximum absolute atomic E-state index is 11.6. The summed E-state index contributed by atoms with van der Waals surface area (Å²) >= 11 is 0. The third kappa shape index (κ3) is 2.47. The standard InChI is InChI=1S/C11H16N2O6/c1-5(18-2)9-7(15)8(16)10(19-9)13-4-3-6(14)12-11(13)17/h3-5,7-10,15-16H,1-2H3,(H,12,14,17)/t5?,7-,8+,9+,10+/m0/s1. The molecule has 0 amide bonds. The molecule has 1 unspecified atom stereocenters. The molecule has 2 rings (SSSR count). The summed E-state index contributed by atoms with van der Waals surface area (Å²) in [4.78, 5) is 24.7. The van der Waals surface area contributed by atoms with Crippen molar-refractivity contribution in [2.24, 2.45) is 0 Å². The lowest BCUT2D eigenvalue weighted by Crippen LogP contribution is -2.39. The van der Waals surface area contributed by atoms with Crippen LogP contribution in [0.4, 0.5) is 0 Å². The van der Waals surface area contributed by atoms with Crippen molar-refractivity contribution in [3.8, 4) is 0 Å². The van der Waals surface area contributed by atoms with Crippen LogP contribution in [-0.2, 0) is 9.47 Å². The van der Waals surface area contributed by atoms with Gasteiger partial charge in [-0.2, -0.15) is 0 Å². The van der Waals surface area contributed by atoms with E-state index in [0.29, 0.717) is 0 Å². The molecule has 8 heteroatoms. The Labute approximate surface area is 108 Å². The van der Waals surface area contributed by atoms with E-state index in [2.05, 4.69) is 4.98 Å². The predicted octanol–water partition coefficient (Wildman–Crippen LogP) is -1.81. The van der Waals surface area contributed by atoms with Crippen molar-refractivity contribution in [1.82, 2.24) is 9.55 Å². The minimum absolute atomic E-state index is 0.451. The highest BCUT2D eigenvalue weighted by Crippen LogP contribution is 2.30. The van der Waals surface area contributed by atoms with Gasteiger partial charge in [0, 0.05) is 19.4 Å². The summed E-state index contributed by atoms with van der Waals surface area (Å²) in [5.74, 6) is 0. The average molecular weight is 272 g/mol. The Morgan fingerprint density at radius 3 is 2.68 bits per heavy atom. The maximum atomic E-state index is 11.6. The number of aliphatic hydroxyl groups is 2. The fourth-order valence-electron chi connectivity index (χ4n) is 2.07. The van der Waals surface area contributed by atoms with Gasteiger partial charge in [0.25, 0.3) is 5.56 Å². The van der Waals surface area contributed by atoms with Gasteiger partial charge in [-0.25, -0.2) is 4.79 Å². The van der Waals surface area contributed by atoms with E-state index in [0.717, 1.165) is 10.6 Å². The van der Waals surface area contributed by atoms with Crippen LogP contribution < -0.4 is 11.2 Å². The number of H-pyrrole nitrogens is 1. The molecule has 0 bridgehead atoms. The molecule has 1 saturated heterocycles. The Balaban J connectivity index is 2.31. The minimum atomic E-state index is -1.29. The van der Waals surface area contributed by atoms with E-state index in [9.17, 15) is 19.8 Å². The molecule has 2 heterocycles. The highest BCUT2D eigenvalue weighted by Gasteiger charge is 2.46. The largest absolute Gasteiger partial charge is 0.387 e. The zero-order chi connectivity index (χ0) is 14.2. The second-order valence-corrected chi connectivity index (χ2v) is 4.43. The molecule has 8 nitrogen and oxygen atoms in total. The van der Waals surface area contributed by atoms with Gasteiger partial charge in [-0.15, -0.1) is 0 Å². The van der Waals surface area contributed by atoms with Gasteiger partial charge in [-0.1, -0.05) is 0 Å². The molecule has 106 valence electrons. The fraction of sp³-hybridized carbons (Fsp3) is 0.636. The van der Waals surface area contributed by atoms with Crippen molar-refractivity contribution in [2.75, 3.05) is 7.11 Å². The van der Waals surface area contributed by atoms with Crippen molar-refractivity contribution in [3.05, 3.63) is 33.1 Å². The van der Waals surface area contributed by atoms with E-state index in [1.165, 1.54) is 13.3 Å². The van der Waals surface area contributed by atoms with Gasteiger partial charge < -0.3 is 19.7 Å². The lowest BCUT2D eigenvalue weighted by Gasteiger charge is -2.20. The first-order valence-corrected chi connectivity index (χ1v) is 5.81. The molecular formula is C11H16N2O6. The van der Waals surface area contributed by atoms with Crippen LogP contribution in [0.25, 0.3) is 0 Å².